The lowest BCUT2D eigenvalue weighted by atomic mass is 9.47. The highest BCUT2D eigenvalue weighted by Crippen LogP contribution is 2.59. The number of fused-ring (bicyclic) bond motifs is 1. The van der Waals surface area contributed by atoms with E-state index in [1.807, 2.05) is 0 Å². The Kier molecular flexibility index (Phi) is 3.51. The van der Waals surface area contributed by atoms with Gasteiger partial charge in [0.05, 0.1) is 13.2 Å². The summed E-state index contributed by atoms with van der Waals surface area (Å²) in [4.78, 5) is 2.57. The van der Waals surface area contributed by atoms with Gasteiger partial charge in [-0.2, -0.15) is 0 Å². The van der Waals surface area contributed by atoms with Crippen molar-refractivity contribution in [2.24, 2.45) is 11.8 Å². The van der Waals surface area contributed by atoms with Crippen molar-refractivity contribution in [2.45, 2.75) is 57.1 Å². The molecule has 1 N–H and O–H groups in total. The molecule has 1 aliphatic heterocycles. The molecule has 1 aromatic rings. The molecule has 4 rings (SSSR count). The normalized spacial score (nSPS) is 39.5. The molecule has 3 nitrogen and oxygen atoms in total. The van der Waals surface area contributed by atoms with Crippen LogP contribution >= 0.6 is 0 Å². The fraction of sp³-hybridized carbons (Fsp3) is 0.700. The summed E-state index contributed by atoms with van der Waals surface area (Å²) in [7, 11) is 4.05. The number of rotatable bonds is 1. The zero-order valence-corrected chi connectivity index (χ0v) is 14.8. The predicted molar refractivity (Wildman–Crippen MR) is 92.0 cm³/mol. The van der Waals surface area contributed by atoms with Gasteiger partial charge in [-0.3, -0.25) is 0 Å². The first-order valence-corrected chi connectivity index (χ1v) is 9.06. The van der Waals surface area contributed by atoms with Crippen LogP contribution in [0.2, 0.25) is 0 Å². The fourth-order valence-electron chi connectivity index (χ4n) is 6.17. The maximum absolute atomic E-state index is 10.7. The third-order valence-electron chi connectivity index (χ3n) is 7.35. The lowest BCUT2D eigenvalue weighted by molar-refractivity contribution is -0.0796. The minimum absolute atomic E-state index is 0.126. The van der Waals surface area contributed by atoms with Crippen molar-refractivity contribution in [3.8, 4) is 5.75 Å². The smallest absolute Gasteiger partial charge is 0.122 e. The number of ether oxygens (including phenoxy) is 1. The molecule has 1 heterocycles. The number of aliphatic hydroxyl groups is 1. The molecule has 2 bridgehead atoms. The van der Waals surface area contributed by atoms with Gasteiger partial charge in [-0.1, -0.05) is 13.0 Å². The van der Waals surface area contributed by atoms with E-state index in [1.165, 1.54) is 16.7 Å². The standard InChI is InChI=1S/C20H29NO2/c1-12-18(23-4)8-5-14-11-16-15-6-7-17(22)13(2)20(15,19(12)14)9-10-21(16)3/h5,8,13,15-17,22H,6-7,9-11H2,1-4H3. The van der Waals surface area contributed by atoms with Gasteiger partial charge in [0.25, 0.3) is 0 Å². The Morgan fingerprint density at radius 1 is 1.30 bits per heavy atom. The van der Waals surface area contributed by atoms with Crippen LogP contribution in [0, 0.1) is 18.8 Å². The molecule has 2 fully saturated rings. The highest BCUT2D eigenvalue weighted by atomic mass is 16.5. The molecule has 5 atom stereocenters. The molecule has 0 radical (unpaired) electrons. The zero-order chi connectivity index (χ0) is 16.4. The molecule has 3 heteroatoms. The number of nitrogens with zero attached hydrogens (tertiary/aromatic N) is 1. The van der Waals surface area contributed by atoms with E-state index in [0.29, 0.717) is 17.9 Å². The van der Waals surface area contributed by atoms with Gasteiger partial charge < -0.3 is 14.7 Å². The van der Waals surface area contributed by atoms with E-state index in [9.17, 15) is 5.11 Å². The number of likely N-dealkylation sites (N-methyl/N-ethyl adjacent to an activating group) is 1. The summed E-state index contributed by atoms with van der Waals surface area (Å²) in [6.07, 6.45) is 4.23. The molecule has 5 unspecified atom stereocenters. The van der Waals surface area contributed by atoms with Crippen molar-refractivity contribution in [2.75, 3.05) is 20.7 Å². The Bertz CT molecular complexity index is 628. The van der Waals surface area contributed by atoms with Crippen LogP contribution in [0.3, 0.4) is 0 Å². The van der Waals surface area contributed by atoms with Gasteiger partial charge in [0.1, 0.15) is 5.75 Å². The van der Waals surface area contributed by atoms with E-state index in [0.717, 1.165) is 38.0 Å². The molecule has 2 aliphatic carbocycles. The third-order valence-corrected chi connectivity index (χ3v) is 7.35. The van der Waals surface area contributed by atoms with Crippen molar-refractivity contribution in [1.29, 1.82) is 0 Å². The van der Waals surface area contributed by atoms with Crippen LogP contribution in [0.1, 0.15) is 42.9 Å². The van der Waals surface area contributed by atoms with Gasteiger partial charge in [-0.05, 0) is 80.8 Å². The van der Waals surface area contributed by atoms with Crippen LogP contribution in [0.25, 0.3) is 0 Å². The Hall–Kier alpha value is -1.06. The van der Waals surface area contributed by atoms with Crippen LogP contribution in [0.5, 0.6) is 5.75 Å². The minimum atomic E-state index is -0.174. The molecular formula is C20H29NO2. The van der Waals surface area contributed by atoms with Crippen LogP contribution in [-0.4, -0.2) is 42.9 Å². The van der Waals surface area contributed by atoms with Crippen LogP contribution in [0.4, 0.5) is 0 Å². The molecule has 1 saturated heterocycles. The second-order valence-electron chi connectivity index (χ2n) is 8.01. The van der Waals surface area contributed by atoms with E-state index in [-0.39, 0.29) is 11.5 Å². The lowest BCUT2D eigenvalue weighted by Crippen LogP contribution is -2.64. The van der Waals surface area contributed by atoms with Gasteiger partial charge in [0.2, 0.25) is 0 Å². The molecule has 3 aliphatic rings. The van der Waals surface area contributed by atoms with Gasteiger partial charge in [0.15, 0.2) is 0 Å². The zero-order valence-electron chi connectivity index (χ0n) is 14.8. The van der Waals surface area contributed by atoms with Gasteiger partial charge in [-0.15, -0.1) is 0 Å². The van der Waals surface area contributed by atoms with E-state index in [2.05, 4.69) is 37.9 Å². The summed E-state index contributed by atoms with van der Waals surface area (Å²) in [5.41, 5.74) is 4.43. The Balaban J connectivity index is 1.97. The number of methoxy groups -OCH3 is 1. The molecule has 23 heavy (non-hydrogen) atoms. The number of hydrogen-bond donors (Lipinski definition) is 1. The molecule has 0 spiro atoms. The van der Waals surface area contributed by atoms with Crippen molar-refractivity contribution in [1.82, 2.24) is 4.90 Å². The molecule has 0 amide bonds. The first-order chi connectivity index (χ1) is 11.0. The minimum Gasteiger partial charge on any atom is -0.496 e. The number of benzene rings is 1. The molecule has 0 aromatic heterocycles. The number of likely N-dealkylation sites (tertiary alicyclic amines) is 1. The molecular weight excluding hydrogens is 286 g/mol. The topological polar surface area (TPSA) is 32.7 Å². The SMILES string of the molecule is COc1ccc2c(c1C)C13CCN(C)C(C2)C1CCC(O)C3C. The molecule has 126 valence electrons. The van der Waals surface area contributed by atoms with Gasteiger partial charge >= 0.3 is 0 Å². The van der Waals surface area contributed by atoms with Crippen molar-refractivity contribution in [3.05, 3.63) is 28.8 Å². The average Bonchev–Trinajstić information content (AvgIpc) is 2.54. The first-order valence-electron chi connectivity index (χ1n) is 9.06. The first kappa shape index (κ1) is 15.5. The van der Waals surface area contributed by atoms with E-state index in [1.54, 1.807) is 7.11 Å². The van der Waals surface area contributed by atoms with E-state index >= 15 is 0 Å². The molecule has 1 saturated carbocycles. The highest BCUT2D eigenvalue weighted by Gasteiger charge is 2.58. The van der Waals surface area contributed by atoms with Crippen molar-refractivity contribution >= 4 is 0 Å². The number of hydrogen-bond acceptors (Lipinski definition) is 3. The van der Waals surface area contributed by atoms with E-state index in [4.69, 9.17) is 4.74 Å². The fourth-order valence-corrected chi connectivity index (χ4v) is 6.17. The second kappa shape index (κ2) is 5.22. The average molecular weight is 315 g/mol. The number of aliphatic hydroxyl groups excluding tert-OH is 1. The maximum atomic E-state index is 10.7. The largest absolute Gasteiger partial charge is 0.496 e. The van der Waals surface area contributed by atoms with Gasteiger partial charge in [0, 0.05) is 11.5 Å². The van der Waals surface area contributed by atoms with Crippen LogP contribution in [-0.2, 0) is 11.8 Å². The summed E-state index contributed by atoms with van der Waals surface area (Å²) in [6, 6.07) is 5.03. The maximum Gasteiger partial charge on any atom is 0.122 e. The number of piperidine rings is 1. The summed E-state index contributed by atoms with van der Waals surface area (Å²) in [5, 5.41) is 10.7. The Labute approximate surface area is 139 Å². The van der Waals surface area contributed by atoms with Crippen LogP contribution < -0.4 is 4.74 Å². The third kappa shape index (κ3) is 1.90. The van der Waals surface area contributed by atoms with Crippen LogP contribution in [0.15, 0.2) is 12.1 Å². The predicted octanol–water partition coefficient (Wildman–Crippen LogP) is 2.91. The Morgan fingerprint density at radius 2 is 2.09 bits per heavy atom. The Morgan fingerprint density at radius 3 is 2.83 bits per heavy atom. The summed E-state index contributed by atoms with van der Waals surface area (Å²) >= 11 is 0. The lowest BCUT2D eigenvalue weighted by Gasteiger charge is -2.62. The van der Waals surface area contributed by atoms with Gasteiger partial charge in [-0.25, -0.2) is 0 Å². The summed E-state index contributed by atoms with van der Waals surface area (Å²) in [6.45, 7) is 5.64. The highest BCUT2D eigenvalue weighted by molar-refractivity contribution is 5.52. The van der Waals surface area contributed by atoms with Crippen molar-refractivity contribution in [3.63, 3.8) is 0 Å². The second-order valence-corrected chi connectivity index (χ2v) is 8.01. The molecule has 1 aromatic carbocycles. The summed E-state index contributed by atoms with van der Waals surface area (Å²) < 4.78 is 5.64. The van der Waals surface area contributed by atoms with Crippen molar-refractivity contribution < 1.29 is 9.84 Å². The van der Waals surface area contributed by atoms with E-state index < -0.39 is 0 Å². The monoisotopic (exact) mass is 315 g/mol. The quantitative estimate of drug-likeness (QED) is 0.865. The summed E-state index contributed by atoms with van der Waals surface area (Å²) in [5.74, 6) is 1.99.